The Kier molecular flexibility index (Phi) is 10.8. The third-order valence-electron chi connectivity index (χ3n) is 6.76. The molecular weight excluding hydrogens is 614 g/mol. The topological polar surface area (TPSA) is 86.8 Å². The van der Waals surface area contributed by atoms with Gasteiger partial charge in [0, 0.05) is 22.1 Å². The maximum Gasteiger partial charge on any atom is 0.264 e. The second kappa shape index (κ2) is 13.7. The van der Waals surface area contributed by atoms with Crippen LogP contribution in [0, 0.1) is 13.8 Å². The molecule has 7 nitrogen and oxygen atoms in total. The molecule has 0 fully saturated rings. The van der Waals surface area contributed by atoms with E-state index in [1.807, 2.05) is 45.0 Å². The van der Waals surface area contributed by atoms with Gasteiger partial charge in [-0.3, -0.25) is 13.9 Å². The van der Waals surface area contributed by atoms with Gasteiger partial charge >= 0.3 is 0 Å². The summed E-state index contributed by atoms with van der Waals surface area (Å²) in [6.45, 7) is 8.73. The summed E-state index contributed by atoms with van der Waals surface area (Å²) in [5.41, 5.74) is 2.63. The summed E-state index contributed by atoms with van der Waals surface area (Å²) in [7, 11) is -4.17. The van der Waals surface area contributed by atoms with Crippen molar-refractivity contribution in [1.82, 2.24) is 10.2 Å². The lowest BCUT2D eigenvalue weighted by Gasteiger charge is -2.33. The Labute approximate surface area is 250 Å². The maximum absolute atomic E-state index is 14.0. The molecule has 2 amide bonds. The predicted octanol–water partition coefficient (Wildman–Crippen LogP) is 6.25. The lowest BCUT2D eigenvalue weighted by atomic mass is 10.1. The molecule has 0 heterocycles. The lowest BCUT2D eigenvalue weighted by molar-refractivity contribution is -0.139. The normalized spacial score (nSPS) is 12.9. The average molecular weight is 649 g/mol. The number of rotatable bonds is 11. The Balaban J connectivity index is 2.06. The van der Waals surface area contributed by atoms with Gasteiger partial charge in [-0.15, -0.1) is 0 Å². The number of hydrogen-bond acceptors (Lipinski definition) is 4. The second-order valence-electron chi connectivity index (χ2n) is 9.90. The Hall–Kier alpha value is -2.88. The quantitative estimate of drug-likeness (QED) is 0.267. The summed E-state index contributed by atoms with van der Waals surface area (Å²) in [6.07, 6.45) is 0.732. The molecule has 0 unspecified atom stereocenters. The highest BCUT2D eigenvalue weighted by Crippen LogP contribution is 2.30. The van der Waals surface area contributed by atoms with Crippen molar-refractivity contribution in [2.45, 2.75) is 64.6 Å². The highest BCUT2D eigenvalue weighted by atomic mass is 79.9. The number of hydrogen-bond donors (Lipinski definition) is 1. The monoisotopic (exact) mass is 647 g/mol. The van der Waals surface area contributed by atoms with Crippen molar-refractivity contribution in [3.8, 4) is 0 Å². The van der Waals surface area contributed by atoms with Gasteiger partial charge in [0.25, 0.3) is 10.0 Å². The molecular formula is C30H35BrClN3O4S. The van der Waals surface area contributed by atoms with Gasteiger partial charge in [-0.25, -0.2) is 8.42 Å². The van der Waals surface area contributed by atoms with Crippen LogP contribution < -0.4 is 9.62 Å². The number of amides is 2. The molecule has 0 aliphatic heterocycles. The molecule has 0 aliphatic carbocycles. The van der Waals surface area contributed by atoms with E-state index >= 15 is 0 Å². The van der Waals surface area contributed by atoms with E-state index in [0.29, 0.717) is 16.3 Å². The van der Waals surface area contributed by atoms with Crippen LogP contribution in [-0.2, 0) is 26.2 Å². The van der Waals surface area contributed by atoms with Gasteiger partial charge in [-0.05, 0) is 81.6 Å². The zero-order valence-electron chi connectivity index (χ0n) is 23.3. The number of halogens is 2. The fourth-order valence-corrected chi connectivity index (χ4v) is 5.94. The number of nitrogens with one attached hydrogen (secondary N) is 1. The highest BCUT2D eigenvalue weighted by molar-refractivity contribution is 9.10. The Morgan fingerprint density at radius 3 is 2.20 bits per heavy atom. The van der Waals surface area contributed by atoms with Crippen LogP contribution in [-0.4, -0.2) is 43.8 Å². The van der Waals surface area contributed by atoms with E-state index in [0.717, 1.165) is 26.3 Å². The fraction of sp³-hybridized carbons (Fsp3) is 0.333. The second-order valence-corrected chi connectivity index (χ2v) is 13.1. The lowest BCUT2D eigenvalue weighted by Crippen LogP contribution is -2.52. The molecule has 3 aromatic carbocycles. The number of carbonyl (C=O) groups excluding carboxylic acids is 2. The van der Waals surface area contributed by atoms with Gasteiger partial charge in [-0.1, -0.05) is 70.3 Å². The number of aryl methyl sites for hydroxylation is 2. The standard InChI is InChI=1S/C30H35BrClN3O4S/c1-6-22(4)33-30(37)23(5)34(18-24-10-12-25(31)13-11-24)29(36)19-35(28-17-26(32)14-9-21(28)3)40(38,39)27-15-7-20(2)8-16-27/h7-17,22-23H,6,18-19H2,1-5H3,(H,33,37)/t22-,23-/m1/s1. The molecule has 3 rings (SSSR count). The van der Waals surface area contributed by atoms with Crippen molar-refractivity contribution in [2.75, 3.05) is 10.8 Å². The molecule has 0 bridgehead atoms. The van der Waals surface area contributed by atoms with E-state index in [4.69, 9.17) is 11.6 Å². The van der Waals surface area contributed by atoms with Crippen molar-refractivity contribution in [2.24, 2.45) is 0 Å². The fourth-order valence-electron chi connectivity index (χ4n) is 4.04. The number of anilines is 1. The first-order valence-electron chi connectivity index (χ1n) is 13.0. The first-order valence-corrected chi connectivity index (χ1v) is 15.6. The summed E-state index contributed by atoms with van der Waals surface area (Å²) in [5, 5.41) is 3.27. The zero-order valence-corrected chi connectivity index (χ0v) is 26.5. The predicted molar refractivity (Wildman–Crippen MR) is 164 cm³/mol. The largest absolute Gasteiger partial charge is 0.352 e. The van der Waals surface area contributed by atoms with Gasteiger partial charge in [0.15, 0.2) is 0 Å². The van der Waals surface area contributed by atoms with Crippen LogP contribution in [0.5, 0.6) is 0 Å². The van der Waals surface area contributed by atoms with E-state index < -0.39 is 28.5 Å². The summed E-state index contributed by atoms with van der Waals surface area (Å²) in [4.78, 5) is 28.6. The van der Waals surface area contributed by atoms with Crippen LogP contribution in [0.2, 0.25) is 5.02 Å². The molecule has 40 heavy (non-hydrogen) atoms. The SMILES string of the molecule is CC[C@@H](C)NC(=O)[C@@H](C)N(Cc1ccc(Br)cc1)C(=O)CN(c1cc(Cl)ccc1C)S(=O)(=O)c1ccc(C)cc1. The van der Waals surface area contributed by atoms with Crippen LogP contribution in [0.25, 0.3) is 0 Å². The molecule has 2 atom stereocenters. The summed E-state index contributed by atoms with van der Waals surface area (Å²) < 4.78 is 29.9. The highest BCUT2D eigenvalue weighted by Gasteiger charge is 2.33. The number of nitrogens with zero attached hydrogens (tertiary/aromatic N) is 2. The van der Waals surface area contributed by atoms with Crippen LogP contribution in [0.1, 0.15) is 43.9 Å². The van der Waals surface area contributed by atoms with E-state index in [1.165, 1.54) is 23.1 Å². The third-order valence-corrected chi connectivity index (χ3v) is 9.30. The Morgan fingerprint density at radius 2 is 1.60 bits per heavy atom. The van der Waals surface area contributed by atoms with E-state index in [2.05, 4.69) is 21.2 Å². The van der Waals surface area contributed by atoms with Gasteiger partial charge < -0.3 is 10.2 Å². The van der Waals surface area contributed by atoms with E-state index in [1.54, 1.807) is 38.1 Å². The van der Waals surface area contributed by atoms with Crippen LogP contribution >= 0.6 is 27.5 Å². The molecule has 1 N–H and O–H groups in total. The molecule has 0 aliphatic rings. The van der Waals surface area contributed by atoms with Crippen molar-refractivity contribution < 1.29 is 18.0 Å². The van der Waals surface area contributed by atoms with Crippen molar-refractivity contribution in [3.63, 3.8) is 0 Å². The van der Waals surface area contributed by atoms with Crippen molar-refractivity contribution >= 4 is 55.1 Å². The maximum atomic E-state index is 14.0. The number of benzene rings is 3. The smallest absolute Gasteiger partial charge is 0.264 e. The van der Waals surface area contributed by atoms with Crippen LogP contribution in [0.15, 0.2) is 76.1 Å². The summed E-state index contributed by atoms with van der Waals surface area (Å²) >= 11 is 9.70. The van der Waals surface area contributed by atoms with Crippen LogP contribution in [0.4, 0.5) is 5.69 Å². The van der Waals surface area contributed by atoms with E-state index in [9.17, 15) is 18.0 Å². The van der Waals surface area contributed by atoms with Crippen molar-refractivity contribution in [1.29, 1.82) is 0 Å². The number of sulfonamides is 1. The first-order chi connectivity index (χ1) is 18.8. The Morgan fingerprint density at radius 1 is 0.975 bits per heavy atom. The first kappa shape index (κ1) is 31.6. The van der Waals surface area contributed by atoms with Gasteiger partial charge in [0.1, 0.15) is 12.6 Å². The van der Waals surface area contributed by atoms with Crippen molar-refractivity contribution in [3.05, 3.63) is 92.9 Å². The van der Waals surface area contributed by atoms with Gasteiger partial charge in [0.2, 0.25) is 11.8 Å². The molecule has 10 heteroatoms. The third kappa shape index (κ3) is 7.86. The molecule has 0 spiro atoms. The molecule has 0 radical (unpaired) electrons. The molecule has 0 saturated carbocycles. The minimum absolute atomic E-state index is 0.0484. The number of carbonyl (C=O) groups is 2. The molecule has 0 saturated heterocycles. The van der Waals surface area contributed by atoms with Gasteiger partial charge in [0.05, 0.1) is 10.6 Å². The molecule has 214 valence electrons. The van der Waals surface area contributed by atoms with Gasteiger partial charge in [-0.2, -0.15) is 0 Å². The minimum atomic E-state index is -4.17. The molecule has 0 aromatic heterocycles. The zero-order chi connectivity index (χ0) is 29.6. The van der Waals surface area contributed by atoms with E-state index in [-0.39, 0.29) is 23.4 Å². The summed E-state index contributed by atoms with van der Waals surface area (Å²) in [6, 6.07) is 17.8. The summed E-state index contributed by atoms with van der Waals surface area (Å²) in [5.74, 6) is -0.837. The average Bonchev–Trinajstić information content (AvgIpc) is 2.92. The Bertz CT molecular complexity index is 1450. The molecule has 3 aromatic rings. The van der Waals surface area contributed by atoms with Crippen LogP contribution in [0.3, 0.4) is 0 Å². The minimum Gasteiger partial charge on any atom is -0.352 e.